The molecule has 1 aliphatic heterocycles. The molecule has 0 N–H and O–H groups in total. The van der Waals surface area contributed by atoms with Gasteiger partial charge in [-0.1, -0.05) is 58.7 Å². The van der Waals surface area contributed by atoms with Crippen LogP contribution in [0.15, 0.2) is 54.7 Å². The van der Waals surface area contributed by atoms with Crippen LogP contribution in [0.3, 0.4) is 0 Å². The normalized spacial score (nSPS) is 16.7. The summed E-state index contributed by atoms with van der Waals surface area (Å²) in [4.78, 5) is 14.6. The van der Waals surface area contributed by atoms with Crippen LogP contribution in [-0.2, 0) is 6.54 Å². The van der Waals surface area contributed by atoms with Crippen LogP contribution in [0.1, 0.15) is 34.0 Å². The van der Waals surface area contributed by atoms with Crippen molar-refractivity contribution in [3.63, 3.8) is 0 Å². The minimum Gasteiger partial charge on any atom is -0.337 e. The van der Waals surface area contributed by atoms with E-state index in [2.05, 4.69) is 16.4 Å². The SMILES string of the molecule is O=C(c1cn(Cc2ccccc2Cl)nn1)N1CCC(c2cccc(Cl)c2)C1. The van der Waals surface area contributed by atoms with Crippen molar-refractivity contribution in [3.05, 3.63) is 81.6 Å². The minimum atomic E-state index is -0.0927. The van der Waals surface area contributed by atoms with Crippen molar-refractivity contribution in [2.24, 2.45) is 0 Å². The summed E-state index contributed by atoms with van der Waals surface area (Å²) in [5, 5.41) is 9.53. The number of rotatable bonds is 4. The Labute approximate surface area is 167 Å². The van der Waals surface area contributed by atoms with Gasteiger partial charge in [0.05, 0.1) is 12.7 Å². The molecule has 1 saturated heterocycles. The maximum atomic E-state index is 12.8. The highest BCUT2D eigenvalue weighted by Gasteiger charge is 2.29. The number of amides is 1. The predicted octanol–water partition coefficient (Wildman–Crippen LogP) is 4.26. The van der Waals surface area contributed by atoms with Crippen LogP contribution >= 0.6 is 23.2 Å². The molecule has 1 aliphatic rings. The van der Waals surface area contributed by atoms with E-state index in [4.69, 9.17) is 23.2 Å². The van der Waals surface area contributed by atoms with Gasteiger partial charge in [-0.05, 0) is 35.7 Å². The summed E-state index contributed by atoms with van der Waals surface area (Å²) in [6.45, 7) is 1.84. The third-order valence-corrected chi connectivity index (χ3v) is 5.45. The number of carbonyl (C=O) groups excluding carboxylic acids is 1. The van der Waals surface area contributed by atoms with Gasteiger partial charge in [-0.15, -0.1) is 5.10 Å². The van der Waals surface area contributed by atoms with E-state index in [1.54, 1.807) is 10.9 Å². The molecule has 0 spiro atoms. The number of aromatic nitrogens is 3. The molecule has 4 rings (SSSR count). The first-order chi connectivity index (χ1) is 13.1. The van der Waals surface area contributed by atoms with Gasteiger partial charge in [0.25, 0.3) is 5.91 Å². The lowest BCUT2D eigenvalue weighted by molar-refractivity contribution is 0.0785. The largest absolute Gasteiger partial charge is 0.337 e. The van der Waals surface area contributed by atoms with Crippen molar-refractivity contribution >= 4 is 29.1 Å². The summed E-state index contributed by atoms with van der Waals surface area (Å²) in [6.07, 6.45) is 2.60. The monoisotopic (exact) mass is 400 g/mol. The van der Waals surface area contributed by atoms with Crippen LogP contribution in [-0.4, -0.2) is 38.9 Å². The highest BCUT2D eigenvalue weighted by molar-refractivity contribution is 6.31. The Morgan fingerprint density at radius 1 is 1.15 bits per heavy atom. The fourth-order valence-corrected chi connectivity index (χ4v) is 3.81. The summed E-state index contributed by atoms with van der Waals surface area (Å²) < 4.78 is 1.64. The van der Waals surface area contributed by atoms with Crippen molar-refractivity contribution in [3.8, 4) is 0 Å². The molecule has 5 nitrogen and oxygen atoms in total. The van der Waals surface area contributed by atoms with Gasteiger partial charge in [-0.3, -0.25) is 4.79 Å². The quantitative estimate of drug-likeness (QED) is 0.657. The lowest BCUT2D eigenvalue weighted by Gasteiger charge is -2.15. The van der Waals surface area contributed by atoms with E-state index in [0.717, 1.165) is 17.0 Å². The third-order valence-electron chi connectivity index (χ3n) is 4.84. The van der Waals surface area contributed by atoms with E-state index in [1.165, 1.54) is 5.56 Å². The second-order valence-corrected chi connectivity index (χ2v) is 7.53. The molecule has 2 heterocycles. The average Bonchev–Trinajstić information content (AvgIpc) is 3.33. The van der Waals surface area contributed by atoms with Crippen LogP contribution in [0.25, 0.3) is 0 Å². The van der Waals surface area contributed by atoms with E-state index < -0.39 is 0 Å². The smallest absolute Gasteiger partial charge is 0.276 e. The van der Waals surface area contributed by atoms with Crippen LogP contribution in [0.5, 0.6) is 0 Å². The second-order valence-electron chi connectivity index (χ2n) is 6.68. The zero-order valence-corrected chi connectivity index (χ0v) is 16.1. The Kier molecular flexibility index (Phi) is 5.14. The van der Waals surface area contributed by atoms with Crippen LogP contribution in [0, 0.1) is 0 Å². The number of likely N-dealkylation sites (tertiary alicyclic amines) is 1. The molecule has 7 heteroatoms. The van der Waals surface area contributed by atoms with Gasteiger partial charge in [0.15, 0.2) is 5.69 Å². The molecule has 1 unspecified atom stereocenters. The van der Waals surface area contributed by atoms with Gasteiger partial charge in [0.1, 0.15) is 0 Å². The number of carbonyl (C=O) groups is 1. The molecule has 1 fully saturated rings. The number of hydrogen-bond acceptors (Lipinski definition) is 3. The molecule has 2 aromatic carbocycles. The Bertz CT molecular complexity index is 972. The second kappa shape index (κ2) is 7.71. The standard InChI is InChI=1S/C20H18Cl2N4O/c21-17-6-3-5-14(10-17)15-8-9-25(11-15)20(27)19-13-26(24-23-19)12-16-4-1-2-7-18(16)22/h1-7,10,13,15H,8-9,11-12H2. The van der Waals surface area contributed by atoms with Crippen LogP contribution in [0.2, 0.25) is 10.0 Å². The van der Waals surface area contributed by atoms with Crippen LogP contribution in [0.4, 0.5) is 0 Å². The molecule has 3 aromatic rings. The van der Waals surface area contributed by atoms with E-state index in [1.807, 2.05) is 47.4 Å². The summed E-state index contributed by atoms with van der Waals surface area (Å²) in [7, 11) is 0. The molecular weight excluding hydrogens is 383 g/mol. The Morgan fingerprint density at radius 2 is 2.00 bits per heavy atom. The predicted molar refractivity (Wildman–Crippen MR) is 105 cm³/mol. The number of benzene rings is 2. The molecule has 138 valence electrons. The Morgan fingerprint density at radius 3 is 2.81 bits per heavy atom. The van der Waals surface area contributed by atoms with E-state index in [-0.39, 0.29) is 5.91 Å². The summed E-state index contributed by atoms with van der Waals surface area (Å²) in [5.41, 5.74) is 2.46. The number of nitrogens with zero attached hydrogens (tertiary/aromatic N) is 4. The number of halogens is 2. The van der Waals surface area contributed by atoms with Crippen molar-refractivity contribution in [2.75, 3.05) is 13.1 Å². The van der Waals surface area contributed by atoms with Crippen molar-refractivity contribution < 1.29 is 4.79 Å². The van der Waals surface area contributed by atoms with Gasteiger partial charge < -0.3 is 4.90 Å². The first-order valence-electron chi connectivity index (χ1n) is 8.78. The summed E-state index contributed by atoms with van der Waals surface area (Å²) in [5.74, 6) is 0.204. The fourth-order valence-electron chi connectivity index (χ4n) is 3.41. The molecule has 1 amide bonds. The Hall–Kier alpha value is -2.37. The first-order valence-corrected chi connectivity index (χ1v) is 9.54. The summed E-state index contributed by atoms with van der Waals surface area (Å²) in [6, 6.07) is 15.4. The highest BCUT2D eigenvalue weighted by Crippen LogP contribution is 2.29. The van der Waals surface area contributed by atoms with Gasteiger partial charge in [-0.2, -0.15) is 0 Å². The van der Waals surface area contributed by atoms with E-state index in [9.17, 15) is 4.79 Å². The lowest BCUT2D eigenvalue weighted by Crippen LogP contribution is -2.28. The van der Waals surface area contributed by atoms with E-state index in [0.29, 0.717) is 36.3 Å². The maximum Gasteiger partial charge on any atom is 0.276 e. The lowest BCUT2D eigenvalue weighted by atomic mass is 9.99. The average molecular weight is 401 g/mol. The van der Waals surface area contributed by atoms with Gasteiger partial charge in [-0.25, -0.2) is 4.68 Å². The molecule has 0 saturated carbocycles. The van der Waals surface area contributed by atoms with Crippen molar-refractivity contribution in [1.29, 1.82) is 0 Å². The van der Waals surface area contributed by atoms with E-state index >= 15 is 0 Å². The molecule has 1 aromatic heterocycles. The van der Waals surface area contributed by atoms with Crippen molar-refractivity contribution in [2.45, 2.75) is 18.9 Å². The zero-order chi connectivity index (χ0) is 18.8. The third kappa shape index (κ3) is 3.99. The molecule has 27 heavy (non-hydrogen) atoms. The molecule has 0 bridgehead atoms. The molecule has 1 atom stereocenters. The maximum absolute atomic E-state index is 12.8. The van der Waals surface area contributed by atoms with Gasteiger partial charge in [0, 0.05) is 29.1 Å². The molecular formula is C20H18Cl2N4O. The van der Waals surface area contributed by atoms with Crippen molar-refractivity contribution in [1.82, 2.24) is 19.9 Å². The Balaban J connectivity index is 1.43. The zero-order valence-electron chi connectivity index (χ0n) is 14.6. The van der Waals surface area contributed by atoms with Crippen LogP contribution < -0.4 is 0 Å². The number of hydrogen-bond donors (Lipinski definition) is 0. The highest BCUT2D eigenvalue weighted by atomic mass is 35.5. The topological polar surface area (TPSA) is 51.0 Å². The molecule has 0 aliphatic carbocycles. The summed E-state index contributed by atoms with van der Waals surface area (Å²) >= 11 is 12.3. The van der Waals surface area contributed by atoms with Gasteiger partial charge in [0.2, 0.25) is 0 Å². The molecule has 0 radical (unpaired) electrons. The fraction of sp³-hybridized carbons (Fsp3) is 0.250. The minimum absolute atomic E-state index is 0.0927. The van der Waals surface area contributed by atoms with Gasteiger partial charge >= 0.3 is 0 Å². The first kappa shape index (κ1) is 18.0.